The van der Waals surface area contributed by atoms with Gasteiger partial charge in [0.1, 0.15) is 0 Å². The van der Waals surface area contributed by atoms with Crippen LogP contribution in [0.4, 0.5) is 0 Å². The van der Waals surface area contributed by atoms with E-state index < -0.39 is 0 Å². The molecule has 0 heterocycles. The first-order valence-electron chi connectivity index (χ1n) is 4.15. The van der Waals surface area contributed by atoms with E-state index in [-0.39, 0.29) is 0 Å². The third kappa shape index (κ3) is 5.67. The third-order valence-corrected chi connectivity index (χ3v) is 1.62. The molecule has 1 N–H and O–H groups in total. The van der Waals surface area contributed by atoms with Crippen molar-refractivity contribution in [3.8, 4) is 0 Å². The number of aliphatic hydroxyl groups excluding tert-OH is 1. The van der Waals surface area contributed by atoms with Gasteiger partial charge >= 0.3 is 0 Å². The van der Waals surface area contributed by atoms with Crippen molar-refractivity contribution in [2.24, 2.45) is 0 Å². The summed E-state index contributed by atoms with van der Waals surface area (Å²) in [6.07, 6.45) is 7.55. The van der Waals surface area contributed by atoms with E-state index in [0.29, 0.717) is 5.76 Å². The van der Waals surface area contributed by atoms with Crippen LogP contribution in [-0.4, -0.2) is 5.11 Å². The molecule has 0 saturated heterocycles. The molecule has 0 unspecified atom stereocenters. The second-order valence-electron chi connectivity index (χ2n) is 2.59. The molecule has 0 rings (SSSR count). The highest BCUT2D eigenvalue weighted by Crippen LogP contribution is 2.06. The van der Waals surface area contributed by atoms with Crippen LogP contribution < -0.4 is 0 Å². The summed E-state index contributed by atoms with van der Waals surface area (Å²) in [7, 11) is 0. The van der Waals surface area contributed by atoms with Gasteiger partial charge in [0, 0.05) is 6.42 Å². The summed E-state index contributed by atoms with van der Waals surface area (Å²) < 4.78 is 0. The Labute approximate surface area is 63.8 Å². The maximum Gasteiger partial charge on any atom is 0.0880 e. The number of hydrogen-bond acceptors (Lipinski definition) is 1. The Morgan fingerprint density at radius 3 is 2.50 bits per heavy atom. The van der Waals surface area contributed by atoms with Crippen molar-refractivity contribution < 1.29 is 5.11 Å². The maximum atomic E-state index is 9.02. The second-order valence-corrected chi connectivity index (χ2v) is 2.59. The minimum atomic E-state index is 0.538. The van der Waals surface area contributed by atoms with Crippen molar-refractivity contribution in [2.45, 2.75) is 46.0 Å². The van der Waals surface area contributed by atoms with Crippen LogP contribution >= 0.6 is 0 Å². The Hall–Kier alpha value is -0.460. The van der Waals surface area contributed by atoms with E-state index in [9.17, 15) is 0 Å². The molecule has 0 fully saturated rings. The van der Waals surface area contributed by atoms with Gasteiger partial charge in [-0.3, -0.25) is 0 Å². The van der Waals surface area contributed by atoms with Crippen molar-refractivity contribution in [1.29, 1.82) is 0 Å². The molecule has 60 valence electrons. The average Bonchev–Trinajstić information content (AvgIpc) is 1.98. The lowest BCUT2D eigenvalue weighted by molar-refractivity contribution is 0.379. The first kappa shape index (κ1) is 9.54. The zero-order chi connectivity index (χ0) is 7.82. The highest BCUT2D eigenvalue weighted by molar-refractivity contribution is 4.86. The first-order chi connectivity index (χ1) is 4.81. The molecule has 1 nitrogen and oxygen atoms in total. The van der Waals surface area contributed by atoms with Crippen molar-refractivity contribution in [3.63, 3.8) is 0 Å². The molecule has 1 heteroatoms. The molecule has 0 aromatic carbocycles. The van der Waals surface area contributed by atoms with E-state index in [1.807, 2.05) is 6.92 Å². The third-order valence-electron chi connectivity index (χ3n) is 1.62. The van der Waals surface area contributed by atoms with E-state index >= 15 is 0 Å². The van der Waals surface area contributed by atoms with Gasteiger partial charge in [0.2, 0.25) is 0 Å². The van der Waals surface area contributed by atoms with Gasteiger partial charge in [0.15, 0.2) is 0 Å². The Balaban J connectivity index is 3.04. The van der Waals surface area contributed by atoms with Crippen LogP contribution in [0, 0.1) is 0 Å². The van der Waals surface area contributed by atoms with Crippen LogP contribution in [0.15, 0.2) is 11.8 Å². The number of rotatable bonds is 5. The van der Waals surface area contributed by atoms with Crippen molar-refractivity contribution >= 4 is 0 Å². The summed E-state index contributed by atoms with van der Waals surface area (Å²) in [5.41, 5.74) is 0. The zero-order valence-electron chi connectivity index (χ0n) is 7.06. The van der Waals surface area contributed by atoms with Crippen LogP contribution in [0.25, 0.3) is 0 Å². The zero-order valence-corrected chi connectivity index (χ0v) is 7.06. The predicted octanol–water partition coefficient (Wildman–Crippen LogP) is 3.42. The molecule has 0 atom stereocenters. The van der Waals surface area contributed by atoms with E-state index in [2.05, 4.69) is 6.92 Å². The quantitative estimate of drug-likeness (QED) is 0.460. The lowest BCUT2D eigenvalue weighted by Gasteiger charge is -1.97. The standard InChI is InChI=1S/C9H18O/c1-3-5-6-7-8-9(10)4-2/h4,10H,3,5-8H2,1-2H3/b9-4-. The van der Waals surface area contributed by atoms with Crippen molar-refractivity contribution in [1.82, 2.24) is 0 Å². The maximum absolute atomic E-state index is 9.02. The van der Waals surface area contributed by atoms with Gasteiger partial charge in [-0.05, 0) is 19.4 Å². The monoisotopic (exact) mass is 142 g/mol. The summed E-state index contributed by atoms with van der Waals surface area (Å²) >= 11 is 0. The Kier molecular flexibility index (Phi) is 6.35. The number of allylic oxidation sites excluding steroid dienone is 2. The lowest BCUT2D eigenvalue weighted by atomic mass is 10.1. The molecular formula is C9H18O. The minimum absolute atomic E-state index is 0.538. The first-order valence-corrected chi connectivity index (χ1v) is 4.15. The molecule has 0 aromatic heterocycles. The molecule has 0 amide bonds. The normalized spacial score (nSPS) is 12.0. The largest absolute Gasteiger partial charge is 0.513 e. The van der Waals surface area contributed by atoms with E-state index in [0.717, 1.165) is 12.8 Å². The summed E-state index contributed by atoms with van der Waals surface area (Å²) in [5.74, 6) is 0.538. The molecule has 0 spiro atoms. The van der Waals surface area contributed by atoms with Gasteiger partial charge in [-0.1, -0.05) is 26.2 Å². The molecule has 0 saturated carbocycles. The fourth-order valence-electron chi connectivity index (χ4n) is 0.877. The Morgan fingerprint density at radius 2 is 2.00 bits per heavy atom. The molecule has 0 aliphatic rings. The van der Waals surface area contributed by atoms with E-state index in [1.165, 1.54) is 19.3 Å². The fraction of sp³-hybridized carbons (Fsp3) is 0.778. The molecule has 0 aromatic rings. The summed E-state index contributed by atoms with van der Waals surface area (Å²) in [4.78, 5) is 0. The number of unbranched alkanes of at least 4 members (excludes halogenated alkanes) is 3. The smallest absolute Gasteiger partial charge is 0.0880 e. The molecule has 0 aliphatic carbocycles. The highest BCUT2D eigenvalue weighted by Gasteiger charge is 1.90. The van der Waals surface area contributed by atoms with Gasteiger partial charge in [0.05, 0.1) is 5.76 Å². The van der Waals surface area contributed by atoms with E-state index in [1.54, 1.807) is 6.08 Å². The summed E-state index contributed by atoms with van der Waals surface area (Å²) in [5, 5.41) is 9.02. The Morgan fingerprint density at radius 1 is 1.30 bits per heavy atom. The summed E-state index contributed by atoms with van der Waals surface area (Å²) in [6, 6.07) is 0. The minimum Gasteiger partial charge on any atom is -0.513 e. The average molecular weight is 142 g/mol. The second kappa shape index (κ2) is 6.66. The molecule has 0 aliphatic heterocycles. The van der Waals surface area contributed by atoms with Crippen LogP contribution in [0.5, 0.6) is 0 Å². The number of aliphatic hydroxyl groups is 1. The van der Waals surface area contributed by atoms with Gasteiger partial charge in [-0.2, -0.15) is 0 Å². The van der Waals surface area contributed by atoms with Gasteiger partial charge in [-0.25, -0.2) is 0 Å². The van der Waals surface area contributed by atoms with Crippen LogP contribution in [0.2, 0.25) is 0 Å². The Bertz CT molecular complexity index is 94.9. The lowest BCUT2D eigenvalue weighted by Crippen LogP contribution is -1.81. The summed E-state index contributed by atoms with van der Waals surface area (Å²) in [6.45, 7) is 4.06. The number of hydrogen-bond donors (Lipinski definition) is 1. The molecule has 0 bridgehead atoms. The van der Waals surface area contributed by atoms with Gasteiger partial charge in [-0.15, -0.1) is 0 Å². The van der Waals surface area contributed by atoms with Crippen LogP contribution in [0.3, 0.4) is 0 Å². The van der Waals surface area contributed by atoms with Crippen molar-refractivity contribution in [3.05, 3.63) is 11.8 Å². The van der Waals surface area contributed by atoms with Crippen LogP contribution in [-0.2, 0) is 0 Å². The van der Waals surface area contributed by atoms with E-state index in [4.69, 9.17) is 5.11 Å². The highest BCUT2D eigenvalue weighted by atomic mass is 16.3. The molecule has 10 heavy (non-hydrogen) atoms. The predicted molar refractivity (Wildman–Crippen MR) is 45.1 cm³/mol. The SMILES string of the molecule is C/C=C(\O)CCCCCC. The van der Waals surface area contributed by atoms with Crippen LogP contribution in [0.1, 0.15) is 46.0 Å². The van der Waals surface area contributed by atoms with Gasteiger partial charge < -0.3 is 5.11 Å². The topological polar surface area (TPSA) is 20.2 Å². The molecular weight excluding hydrogens is 124 g/mol. The van der Waals surface area contributed by atoms with Gasteiger partial charge in [0.25, 0.3) is 0 Å². The fourth-order valence-corrected chi connectivity index (χ4v) is 0.877. The molecule has 0 radical (unpaired) electrons. The van der Waals surface area contributed by atoms with Crippen molar-refractivity contribution in [2.75, 3.05) is 0 Å².